The maximum absolute atomic E-state index is 12.5. The molecule has 8 heteroatoms. The largest absolute Gasteiger partial charge is 0.349 e. The second-order valence-corrected chi connectivity index (χ2v) is 10.3. The van der Waals surface area contributed by atoms with Crippen molar-refractivity contribution in [3.63, 3.8) is 0 Å². The molecule has 0 unspecified atom stereocenters. The first-order valence-electron chi connectivity index (χ1n) is 11.3. The van der Waals surface area contributed by atoms with Gasteiger partial charge in [-0.3, -0.25) is 9.36 Å². The molecule has 0 saturated heterocycles. The molecule has 0 bridgehead atoms. The monoisotopic (exact) mass is 502 g/mol. The van der Waals surface area contributed by atoms with Gasteiger partial charge in [0.25, 0.3) is 0 Å². The van der Waals surface area contributed by atoms with E-state index in [4.69, 9.17) is 23.2 Å². The summed E-state index contributed by atoms with van der Waals surface area (Å²) in [6.07, 6.45) is 6.58. The van der Waals surface area contributed by atoms with E-state index >= 15 is 0 Å². The smallest absolute Gasteiger partial charge is 0.220 e. The van der Waals surface area contributed by atoms with Gasteiger partial charge in [0.1, 0.15) is 0 Å². The first-order valence-corrected chi connectivity index (χ1v) is 13.1. The fraction of sp³-hybridized carbons (Fsp3) is 0.400. The van der Waals surface area contributed by atoms with Gasteiger partial charge in [0, 0.05) is 17.2 Å². The zero-order valence-electron chi connectivity index (χ0n) is 18.7. The molecule has 3 aromatic rings. The lowest BCUT2D eigenvalue weighted by atomic mass is 10.0. The molecule has 5 nitrogen and oxygen atoms in total. The number of benzene rings is 2. The average Bonchev–Trinajstić information content (AvgIpc) is 3.47. The van der Waals surface area contributed by atoms with Gasteiger partial charge in [-0.1, -0.05) is 84.9 Å². The number of nitrogens with one attached hydrogen (secondary N) is 1. The topological polar surface area (TPSA) is 59.8 Å². The van der Waals surface area contributed by atoms with Crippen molar-refractivity contribution in [1.29, 1.82) is 0 Å². The van der Waals surface area contributed by atoms with Crippen LogP contribution >= 0.6 is 35.0 Å². The number of hydrogen-bond donors (Lipinski definition) is 1. The molecule has 4 rings (SSSR count). The Bertz CT molecular complexity index is 1110. The summed E-state index contributed by atoms with van der Waals surface area (Å²) in [5, 5.41) is 13.6. The number of hydrogen-bond acceptors (Lipinski definition) is 4. The van der Waals surface area contributed by atoms with Crippen molar-refractivity contribution in [1.82, 2.24) is 20.1 Å². The average molecular weight is 503 g/mol. The number of aromatic nitrogens is 3. The Balaban J connectivity index is 1.51. The van der Waals surface area contributed by atoms with E-state index in [9.17, 15) is 4.79 Å². The van der Waals surface area contributed by atoms with Crippen LogP contribution in [-0.2, 0) is 17.1 Å². The van der Waals surface area contributed by atoms with Crippen LogP contribution in [0, 0.1) is 12.8 Å². The number of aryl methyl sites for hydroxylation is 1. The minimum absolute atomic E-state index is 0.0442. The second kappa shape index (κ2) is 11.4. The highest BCUT2D eigenvalue weighted by Gasteiger charge is 2.19. The Morgan fingerprint density at radius 1 is 1.15 bits per heavy atom. The Kier molecular flexibility index (Phi) is 8.34. The molecule has 1 aliphatic carbocycles. The van der Waals surface area contributed by atoms with Crippen LogP contribution in [0.2, 0.25) is 10.0 Å². The van der Waals surface area contributed by atoms with Crippen molar-refractivity contribution in [2.75, 3.05) is 0 Å². The van der Waals surface area contributed by atoms with Crippen LogP contribution in [0.3, 0.4) is 0 Å². The van der Waals surface area contributed by atoms with Gasteiger partial charge in [-0.2, -0.15) is 0 Å². The molecule has 0 radical (unpaired) electrons. The molecule has 1 fully saturated rings. The van der Waals surface area contributed by atoms with Gasteiger partial charge in [0.2, 0.25) is 5.91 Å². The molecule has 1 N–H and O–H groups in total. The van der Waals surface area contributed by atoms with Crippen LogP contribution in [0.1, 0.15) is 55.5 Å². The van der Waals surface area contributed by atoms with Crippen molar-refractivity contribution < 1.29 is 4.79 Å². The van der Waals surface area contributed by atoms with E-state index in [1.807, 2.05) is 16.7 Å². The van der Waals surface area contributed by atoms with Crippen molar-refractivity contribution >= 4 is 40.9 Å². The Hall–Kier alpha value is -2.02. The van der Waals surface area contributed by atoms with Gasteiger partial charge in [0.05, 0.1) is 17.3 Å². The molecule has 0 spiro atoms. The predicted octanol–water partition coefficient (Wildman–Crippen LogP) is 6.76. The molecule has 174 valence electrons. The molecule has 1 saturated carbocycles. The lowest BCUT2D eigenvalue weighted by molar-refractivity contribution is -0.121. The number of amides is 1. The standard InChI is InChI=1S/C25H28Cl2N4OS/c1-17-6-2-5-9-19(17)16-33-25-30-29-23(31(25)22-14-20(26)11-12-21(22)27)15-28-24(32)13-10-18-7-3-4-8-18/h2,5-6,9,11-12,14,18H,3-4,7-8,10,13,15-16H2,1H3,(H,28,32). The Morgan fingerprint density at radius 2 is 1.94 bits per heavy atom. The highest BCUT2D eigenvalue weighted by atomic mass is 35.5. The molecule has 0 atom stereocenters. The van der Waals surface area contributed by atoms with Gasteiger partial charge in [-0.15, -0.1) is 10.2 Å². The molecule has 0 aliphatic heterocycles. The third-order valence-electron chi connectivity index (χ3n) is 6.17. The van der Waals surface area contributed by atoms with Crippen LogP contribution in [0.4, 0.5) is 0 Å². The summed E-state index contributed by atoms with van der Waals surface area (Å²) >= 11 is 14.4. The third-order valence-corrected chi connectivity index (χ3v) is 7.70. The lowest BCUT2D eigenvalue weighted by Gasteiger charge is -2.14. The predicted molar refractivity (Wildman–Crippen MR) is 135 cm³/mol. The maximum atomic E-state index is 12.5. The number of nitrogens with zero attached hydrogens (tertiary/aromatic N) is 3. The van der Waals surface area contributed by atoms with E-state index in [1.54, 1.807) is 30.0 Å². The van der Waals surface area contributed by atoms with Crippen molar-refractivity contribution in [2.24, 2.45) is 5.92 Å². The molecule has 1 aromatic heterocycles. The first-order chi connectivity index (χ1) is 16.0. The van der Waals surface area contributed by atoms with Crippen molar-refractivity contribution in [2.45, 2.75) is 62.9 Å². The quantitative estimate of drug-likeness (QED) is 0.328. The molecular weight excluding hydrogens is 475 g/mol. The number of halogens is 2. The van der Waals surface area contributed by atoms with E-state index in [-0.39, 0.29) is 12.5 Å². The van der Waals surface area contributed by atoms with Gasteiger partial charge in [0.15, 0.2) is 11.0 Å². The number of rotatable bonds is 9. The summed E-state index contributed by atoms with van der Waals surface area (Å²) in [4.78, 5) is 12.5. The van der Waals surface area contributed by atoms with Gasteiger partial charge < -0.3 is 5.32 Å². The molecule has 33 heavy (non-hydrogen) atoms. The lowest BCUT2D eigenvalue weighted by Crippen LogP contribution is -2.25. The molecule has 2 aromatic carbocycles. The SMILES string of the molecule is Cc1ccccc1CSc1nnc(CNC(=O)CCC2CCCC2)n1-c1cc(Cl)ccc1Cl. The van der Waals surface area contributed by atoms with E-state index in [2.05, 4.69) is 34.6 Å². The van der Waals surface area contributed by atoms with E-state index < -0.39 is 0 Å². The van der Waals surface area contributed by atoms with Crippen LogP contribution in [-0.4, -0.2) is 20.7 Å². The number of thioether (sulfide) groups is 1. The van der Waals surface area contributed by atoms with Crippen LogP contribution in [0.25, 0.3) is 5.69 Å². The second-order valence-electron chi connectivity index (χ2n) is 8.51. The van der Waals surface area contributed by atoms with Crippen molar-refractivity contribution in [3.05, 3.63) is 69.5 Å². The van der Waals surface area contributed by atoms with E-state index in [0.717, 1.165) is 12.2 Å². The minimum Gasteiger partial charge on any atom is -0.349 e. The number of carbonyl (C=O) groups excluding carboxylic acids is 1. The fourth-order valence-corrected chi connectivity index (χ4v) is 5.63. The summed E-state index contributed by atoms with van der Waals surface area (Å²) < 4.78 is 1.90. The molecule has 1 amide bonds. The summed E-state index contributed by atoms with van der Waals surface area (Å²) in [5.41, 5.74) is 3.17. The minimum atomic E-state index is 0.0442. The van der Waals surface area contributed by atoms with E-state index in [1.165, 1.54) is 36.8 Å². The van der Waals surface area contributed by atoms with E-state index in [0.29, 0.717) is 39.1 Å². The zero-order chi connectivity index (χ0) is 23.2. The summed E-state index contributed by atoms with van der Waals surface area (Å²) in [6.45, 7) is 2.38. The normalized spacial score (nSPS) is 14.0. The fourth-order valence-electron chi connectivity index (χ4n) is 4.22. The zero-order valence-corrected chi connectivity index (χ0v) is 21.0. The van der Waals surface area contributed by atoms with Crippen molar-refractivity contribution in [3.8, 4) is 5.69 Å². The summed E-state index contributed by atoms with van der Waals surface area (Å²) in [7, 11) is 0. The summed E-state index contributed by atoms with van der Waals surface area (Å²) in [6, 6.07) is 13.6. The molecule has 1 heterocycles. The van der Waals surface area contributed by atoms with Gasteiger partial charge in [-0.05, 0) is 48.6 Å². The maximum Gasteiger partial charge on any atom is 0.220 e. The molecular formula is C25H28Cl2N4OS. The van der Waals surface area contributed by atoms with Crippen LogP contribution < -0.4 is 5.32 Å². The highest BCUT2D eigenvalue weighted by molar-refractivity contribution is 7.98. The third kappa shape index (κ3) is 6.31. The highest BCUT2D eigenvalue weighted by Crippen LogP contribution is 2.31. The van der Waals surface area contributed by atoms with Crippen LogP contribution in [0.15, 0.2) is 47.6 Å². The van der Waals surface area contributed by atoms with Gasteiger partial charge >= 0.3 is 0 Å². The van der Waals surface area contributed by atoms with Crippen LogP contribution in [0.5, 0.6) is 0 Å². The van der Waals surface area contributed by atoms with Gasteiger partial charge in [-0.25, -0.2) is 0 Å². The Morgan fingerprint density at radius 3 is 2.73 bits per heavy atom. The summed E-state index contributed by atoms with van der Waals surface area (Å²) in [5.74, 6) is 2.11. The first kappa shape index (κ1) is 24.1. The molecule has 1 aliphatic rings. The number of carbonyl (C=O) groups is 1. The Labute approximate surface area is 209 Å².